The van der Waals surface area contributed by atoms with Gasteiger partial charge in [-0.2, -0.15) is 0 Å². The van der Waals surface area contributed by atoms with Gasteiger partial charge in [-0.05, 0) is 17.7 Å². The van der Waals surface area contributed by atoms with Crippen LogP contribution < -0.4 is 5.73 Å². The zero-order valence-electron chi connectivity index (χ0n) is 5.85. The average molecular weight is 175 g/mol. The maximum atomic E-state index is 12.1. The van der Waals surface area contributed by atoms with Crippen molar-refractivity contribution in [1.29, 1.82) is 0 Å². The molecule has 1 heterocycles. The van der Waals surface area contributed by atoms with Crippen LogP contribution in [0.25, 0.3) is 0 Å². The van der Waals surface area contributed by atoms with Gasteiger partial charge in [0, 0.05) is 6.54 Å². The molecule has 0 fully saturated rings. The van der Waals surface area contributed by atoms with E-state index in [1.165, 1.54) is 6.07 Å². The first-order valence-electron chi connectivity index (χ1n) is 3.17. The number of rotatable bonds is 2. The number of halogens is 2. The van der Waals surface area contributed by atoms with Gasteiger partial charge in [-0.1, -0.05) is 11.6 Å². The van der Waals surface area contributed by atoms with E-state index in [2.05, 4.69) is 4.98 Å². The van der Waals surface area contributed by atoms with Crippen molar-refractivity contribution in [2.24, 2.45) is 5.73 Å². The molecule has 0 bridgehead atoms. The van der Waals surface area contributed by atoms with Gasteiger partial charge in [-0.3, -0.25) is 0 Å². The van der Waals surface area contributed by atoms with Crippen molar-refractivity contribution in [2.75, 3.05) is 0 Å². The second-order valence-corrected chi connectivity index (χ2v) is 2.51. The zero-order chi connectivity index (χ0) is 8.27. The van der Waals surface area contributed by atoms with Crippen LogP contribution in [-0.2, 0) is 13.2 Å². The number of hydrogen-bond donors (Lipinski definition) is 1. The molecule has 0 radical (unpaired) electrons. The van der Waals surface area contributed by atoms with E-state index in [1.54, 1.807) is 6.07 Å². The lowest BCUT2D eigenvalue weighted by Crippen LogP contribution is -2.00. The Bertz CT molecular complexity index is 230. The predicted octanol–water partition coefficient (Wildman–Crippen LogP) is 1.66. The van der Waals surface area contributed by atoms with Gasteiger partial charge >= 0.3 is 0 Å². The molecule has 0 aliphatic rings. The summed E-state index contributed by atoms with van der Waals surface area (Å²) in [5.74, 6) is 0. The molecule has 1 aromatic heterocycles. The van der Waals surface area contributed by atoms with Crippen LogP contribution in [0, 0.1) is 0 Å². The molecule has 0 aliphatic carbocycles. The van der Waals surface area contributed by atoms with E-state index in [-0.39, 0.29) is 6.54 Å². The molecule has 4 heteroatoms. The molecule has 0 spiro atoms. The first kappa shape index (κ1) is 8.43. The summed E-state index contributed by atoms with van der Waals surface area (Å²) in [6.45, 7) is -0.247. The highest BCUT2D eigenvalue weighted by Gasteiger charge is 1.98. The topological polar surface area (TPSA) is 38.9 Å². The number of aromatic nitrogens is 1. The van der Waals surface area contributed by atoms with Crippen molar-refractivity contribution in [3.8, 4) is 0 Å². The summed E-state index contributed by atoms with van der Waals surface area (Å²) >= 11 is 5.57. The summed E-state index contributed by atoms with van der Waals surface area (Å²) in [5, 5.41) is 0.292. The average Bonchev–Trinajstić information content (AvgIpc) is 2.03. The van der Waals surface area contributed by atoms with E-state index in [0.717, 1.165) is 0 Å². The Morgan fingerprint density at radius 2 is 2.27 bits per heavy atom. The molecular weight excluding hydrogens is 167 g/mol. The highest BCUT2D eigenvalue weighted by atomic mass is 35.5. The first-order valence-corrected chi connectivity index (χ1v) is 3.55. The third kappa shape index (κ3) is 2.13. The van der Waals surface area contributed by atoms with E-state index in [0.29, 0.717) is 16.4 Å². The lowest BCUT2D eigenvalue weighted by Gasteiger charge is -1.99. The summed E-state index contributed by atoms with van der Waals surface area (Å²) in [7, 11) is 0. The third-order valence-electron chi connectivity index (χ3n) is 1.27. The Morgan fingerprint density at radius 1 is 1.55 bits per heavy atom. The molecule has 0 aromatic carbocycles. The van der Waals surface area contributed by atoms with Crippen LogP contribution in [0.3, 0.4) is 0 Å². The minimum Gasteiger partial charge on any atom is -0.325 e. The number of pyridine rings is 1. The van der Waals surface area contributed by atoms with Gasteiger partial charge in [0.1, 0.15) is 11.8 Å². The Balaban J connectivity index is 3.02. The maximum absolute atomic E-state index is 12.1. The van der Waals surface area contributed by atoms with E-state index < -0.39 is 6.67 Å². The van der Waals surface area contributed by atoms with Crippen molar-refractivity contribution >= 4 is 11.6 Å². The fourth-order valence-electron chi connectivity index (χ4n) is 0.792. The van der Waals surface area contributed by atoms with Crippen molar-refractivity contribution in [3.63, 3.8) is 0 Å². The minimum absolute atomic E-state index is 0.285. The second-order valence-electron chi connectivity index (χ2n) is 2.13. The van der Waals surface area contributed by atoms with E-state index >= 15 is 0 Å². The van der Waals surface area contributed by atoms with E-state index in [1.807, 2.05) is 0 Å². The first-order chi connectivity index (χ1) is 5.26. The quantitative estimate of drug-likeness (QED) is 0.693. The molecule has 0 aliphatic heterocycles. The lowest BCUT2D eigenvalue weighted by atomic mass is 10.2. The van der Waals surface area contributed by atoms with Crippen LogP contribution in [0.15, 0.2) is 12.1 Å². The van der Waals surface area contributed by atoms with Crippen LogP contribution in [0.2, 0.25) is 5.15 Å². The van der Waals surface area contributed by atoms with Gasteiger partial charge in [0.15, 0.2) is 0 Å². The van der Waals surface area contributed by atoms with E-state index in [4.69, 9.17) is 17.3 Å². The molecule has 1 aromatic rings. The predicted molar refractivity (Wildman–Crippen MR) is 42.0 cm³/mol. The molecule has 11 heavy (non-hydrogen) atoms. The fraction of sp³-hybridized carbons (Fsp3) is 0.286. The van der Waals surface area contributed by atoms with Gasteiger partial charge in [-0.25, -0.2) is 9.37 Å². The summed E-state index contributed by atoms with van der Waals surface area (Å²) in [6, 6.07) is 3.09. The molecule has 0 unspecified atom stereocenters. The van der Waals surface area contributed by atoms with Crippen molar-refractivity contribution < 1.29 is 4.39 Å². The number of nitrogens with zero attached hydrogens (tertiary/aromatic N) is 1. The number of alkyl halides is 1. The third-order valence-corrected chi connectivity index (χ3v) is 1.46. The Morgan fingerprint density at radius 3 is 2.82 bits per heavy atom. The molecular formula is C7H8ClFN2. The van der Waals surface area contributed by atoms with E-state index in [9.17, 15) is 4.39 Å². The Hall–Kier alpha value is -0.670. The fourth-order valence-corrected chi connectivity index (χ4v) is 1.04. The second kappa shape index (κ2) is 3.64. The monoisotopic (exact) mass is 174 g/mol. The summed E-state index contributed by atoms with van der Waals surface area (Å²) in [6.07, 6.45) is 0. The van der Waals surface area contributed by atoms with Crippen LogP contribution >= 0.6 is 11.6 Å². The molecule has 2 nitrogen and oxygen atoms in total. The standard InChI is InChI=1S/C7H8ClFN2/c8-7-2-5(3-9)1-6(4-10)11-7/h1-2H,3-4,10H2. The van der Waals surface area contributed by atoms with Gasteiger partial charge in [0.25, 0.3) is 0 Å². The zero-order valence-corrected chi connectivity index (χ0v) is 6.61. The Labute approximate surface area is 69.2 Å². The van der Waals surface area contributed by atoms with Crippen LogP contribution in [0.5, 0.6) is 0 Å². The summed E-state index contributed by atoms with van der Waals surface area (Å²) < 4.78 is 12.1. The van der Waals surface area contributed by atoms with Crippen molar-refractivity contribution in [1.82, 2.24) is 4.98 Å². The Kier molecular flexibility index (Phi) is 2.79. The van der Waals surface area contributed by atoms with Crippen molar-refractivity contribution in [2.45, 2.75) is 13.2 Å². The molecule has 2 N–H and O–H groups in total. The number of hydrogen-bond acceptors (Lipinski definition) is 2. The largest absolute Gasteiger partial charge is 0.325 e. The normalized spacial score (nSPS) is 10.1. The molecule has 0 saturated carbocycles. The molecule has 0 amide bonds. The highest BCUT2D eigenvalue weighted by molar-refractivity contribution is 6.29. The van der Waals surface area contributed by atoms with Gasteiger partial charge in [-0.15, -0.1) is 0 Å². The van der Waals surface area contributed by atoms with Crippen LogP contribution in [-0.4, -0.2) is 4.98 Å². The lowest BCUT2D eigenvalue weighted by molar-refractivity contribution is 0.484. The van der Waals surface area contributed by atoms with Crippen LogP contribution in [0.4, 0.5) is 4.39 Å². The molecule has 0 saturated heterocycles. The molecule has 0 atom stereocenters. The summed E-state index contributed by atoms with van der Waals surface area (Å²) in [5.41, 5.74) is 6.43. The highest BCUT2D eigenvalue weighted by Crippen LogP contribution is 2.11. The van der Waals surface area contributed by atoms with Crippen molar-refractivity contribution in [3.05, 3.63) is 28.5 Å². The number of nitrogens with two attached hydrogens (primary N) is 1. The van der Waals surface area contributed by atoms with Crippen LogP contribution in [0.1, 0.15) is 11.3 Å². The van der Waals surface area contributed by atoms with Gasteiger partial charge in [0.2, 0.25) is 0 Å². The summed E-state index contributed by atoms with van der Waals surface area (Å²) in [4.78, 5) is 3.87. The molecule has 1 rings (SSSR count). The maximum Gasteiger partial charge on any atom is 0.129 e. The van der Waals surface area contributed by atoms with Gasteiger partial charge < -0.3 is 5.73 Å². The SMILES string of the molecule is NCc1cc(CF)cc(Cl)n1. The minimum atomic E-state index is -0.533. The van der Waals surface area contributed by atoms with Gasteiger partial charge in [0.05, 0.1) is 5.69 Å². The smallest absolute Gasteiger partial charge is 0.129 e. The molecule has 60 valence electrons.